The van der Waals surface area contributed by atoms with Crippen LogP contribution in [-0.4, -0.2) is 39.2 Å². The van der Waals surface area contributed by atoms with Gasteiger partial charge in [-0.1, -0.05) is 22.0 Å². The molecule has 29 heavy (non-hydrogen) atoms. The summed E-state index contributed by atoms with van der Waals surface area (Å²) in [6, 6.07) is 8.95. The van der Waals surface area contributed by atoms with E-state index in [0.29, 0.717) is 4.91 Å². The second kappa shape index (κ2) is 8.59. The van der Waals surface area contributed by atoms with Gasteiger partial charge >= 0.3 is 5.97 Å². The minimum Gasteiger partial charge on any atom is -0.464 e. The Balaban J connectivity index is 1.93. The first kappa shape index (κ1) is 21.4. The van der Waals surface area contributed by atoms with Crippen molar-refractivity contribution in [2.45, 2.75) is 33.7 Å². The summed E-state index contributed by atoms with van der Waals surface area (Å²) in [6.45, 7) is 7.32. The number of amides is 2. The Morgan fingerprint density at radius 3 is 2.66 bits per heavy atom. The molecule has 0 radical (unpaired) electrons. The molecule has 0 bridgehead atoms. The summed E-state index contributed by atoms with van der Waals surface area (Å²) in [5.41, 5.74) is 3.80. The predicted molar refractivity (Wildman–Crippen MR) is 117 cm³/mol. The molecule has 1 fully saturated rings. The maximum Gasteiger partial charge on any atom is 0.329 e. The van der Waals surface area contributed by atoms with Crippen LogP contribution >= 0.6 is 27.7 Å². The van der Waals surface area contributed by atoms with Crippen molar-refractivity contribution in [3.05, 3.63) is 56.7 Å². The van der Waals surface area contributed by atoms with Crippen molar-refractivity contribution in [3.8, 4) is 5.69 Å². The monoisotopic (exact) mass is 476 g/mol. The minimum atomic E-state index is -0.956. The van der Waals surface area contributed by atoms with E-state index in [1.165, 1.54) is 6.92 Å². The maximum absolute atomic E-state index is 12.8. The molecule has 8 heteroatoms. The van der Waals surface area contributed by atoms with Gasteiger partial charge in [0.2, 0.25) is 0 Å². The Hall–Kier alpha value is -2.32. The standard InChI is InChI=1S/C21H21BrN2O4S/c1-5-28-20(26)14(4)24-19(25)18(29-21(24)27)10-15-9-12(2)23(13(15)3)17-8-6-7-16(22)11-17/h6-11,14H,5H2,1-4H3/b18-10+/t14-/m1/s1. The van der Waals surface area contributed by atoms with Crippen LogP contribution in [0.4, 0.5) is 4.79 Å². The van der Waals surface area contributed by atoms with Crippen molar-refractivity contribution in [1.29, 1.82) is 0 Å². The van der Waals surface area contributed by atoms with Crippen LogP contribution in [-0.2, 0) is 14.3 Å². The van der Waals surface area contributed by atoms with E-state index in [1.807, 2.05) is 44.2 Å². The molecular formula is C21H21BrN2O4S. The fourth-order valence-corrected chi connectivity index (χ4v) is 4.56. The van der Waals surface area contributed by atoms with Gasteiger partial charge in [0.1, 0.15) is 6.04 Å². The first-order chi connectivity index (χ1) is 13.7. The highest BCUT2D eigenvalue weighted by molar-refractivity contribution is 9.10. The molecule has 2 amide bonds. The summed E-state index contributed by atoms with van der Waals surface area (Å²) in [5, 5.41) is -0.470. The first-order valence-corrected chi connectivity index (χ1v) is 10.7. The van der Waals surface area contributed by atoms with E-state index in [-0.39, 0.29) is 6.61 Å². The van der Waals surface area contributed by atoms with Crippen molar-refractivity contribution in [3.63, 3.8) is 0 Å². The van der Waals surface area contributed by atoms with Crippen molar-refractivity contribution >= 4 is 50.9 Å². The van der Waals surface area contributed by atoms with Gasteiger partial charge in [-0.3, -0.25) is 14.5 Å². The molecule has 1 saturated heterocycles. The molecule has 0 unspecified atom stereocenters. The molecule has 0 aliphatic carbocycles. The van der Waals surface area contributed by atoms with Crippen molar-refractivity contribution in [2.75, 3.05) is 6.61 Å². The molecule has 1 aliphatic heterocycles. The number of rotatable bonds is 5. The van der Waals surface area contributed by atoms with Crippen LogP contribution in [0.1, 0.15) is 30.8 Å². The van der Waals surface area contributed by atoms with E-state index >= 15 is 0 Å². The Morgan fingerprint density at radius 1 is 1.28 bits per heavy atom. The smallest absolute Gasteiger partial charge is 0.329 e. The third-order valence-electron chi connectivity index (χ3n) is 4.66. The van der Waals surface area contributed by atoms with Gasteiger partial charge < -0.3 is 9.30 Å². The lowest BCUT2D eigenvalue weighted by Crippen LogP contribution is -2.42. The third kappa shape index (κ3) is 4.18. The summed E-state index contributed by atoms with van der Waals surface area (Å²) in [4.78, 5) is 38.4. The Bertz CT molecular complexity index is 1030. The van der Waals surface area contributed by atoms with E-state index in [2.05, 4.69) is 20.5 Å². The maximum atomic E-state index is 12.8. The summed E-state index contributed by atoms with van der Waals surface area (Å²) in [6.07, 6.45) is 1.71. The van der Waals surface area contributed by atoms with Gasteiger partial charge in [0.05, 0.1) is 11.5 Å². The molecular weight excluding hydrogens is 456 g/mol. The largest absolute Gasteiger partial charge is 0.464 e. The number of aryl methyl sites for hydroxylation is 1. The van der Waals surface area contributed by atoms with Crippen LogP contribution in [0.25, 0.3) is 11.8 Å². The molecule has 1 aromatic heterocycles. The number of hydrogen-bond donors (Lipinski definition) is 0. The number of thioether (sulfide) groups is 1. The molecule has 3 rings (SSSR count). The molecule has 0 N–H and O–H groups in total. The fourth-order valence-electron chi connectivity index (χ4n) is 3.27. The number of hydrogen-bond acceptors (Lipinski definition) is 5. The number of carbonyl (C=O) groups excluding carboxylic acids is 3. The van der Waals surface area contributed by atoms with E-state index in [9.17, 15) is 14.4 Å². The van der Waals surface area contributed by atoms with Gasteiger partial charge in [-0.05, 0) is 75.4 Å². The number of benzene rings is 1. The lowest BCUT2D eigenvalue weighted by molar-refractivity contribution is -0.150. The van der Waals surface area contributed by atoms with E-state index < -0.39 is 23.2 Å². The highest BCUT2D eigenvalue weighted by atomic mass is 79.9. The molecule has 152 valence electrons. The van der Waals surface area contributed by atoms with Crippen LogP contribution in [0.3, 0.4) is 0 Å². The molecule has 0 spiro atoms. The summed E-state index contributed by atoms with van der Waals surface area (Å²) >= 11 is 4.33. The van der Waals surface area contributed by atoms with Crippen molar-refractivity contribution in [1.82, 2.24) is 9.47 Å². The highest BCUT2D eigenvalue weighted by Crippen LogP contribution is 2.35. The lowest BCUT2D eigenvalue weighted by Gasteiger charge is -2.19. The molecule has 1 aromatic carbocycles. The molecule has 6 nitrogen and oxygen atoms in total. The van der Waals surface area contributed by atoms with Gasteiger partial charge in [0, 0.05) is 21.5 Å². The van der Waals surface area contributed by atoms with Crippen LogP contribution in [0.15, 0.2) is 39.7 Å². The number of halogens is 1. The molecule has 2 aromatic rings. The van der Waals surface area contributed by atoms with E-state index in [1.54, 1.807) is 13.0 Å². The summed E-state index contributed by atoms with van der Waals surface area (Å²) in [7, 11) is 0. The van der Waals surface area contributed by atoms with Crippen molar-refractivity contribution in [2.24, 2.45) is 0 Å². The van der Waals surface area contributed by atoms with E-state index in [4.69, 9.17) is 4.74 Å². The molecule has 1 aliphatic rings. The Kier molecular flexibility index (Phi) is 6.33. The zero-order valence-electron chi connectivity index (χ0n) is 16.6. The second-order valence-corrected chi connectivity index (χ2v) is 8.53. The van der Waals surface area contributed by atoms with Gasteiger partial charge in [-0.15, -0.1) is 0 Å². The SMILES string of the molecule is CCOC(=O)[C@@H](C)N1C(=O)S/C(=C/c2cc(C)n(-c3cccc(Br)c3)c2C)C1=O. The second-order valence-electron chi connectivity index (χ2n) is 6.62. The zero-order valence-corrected chi connectivity index (χ0v) is 19.0. The number of aromatic nitrogens is 1. The van der Waals surface area contributed by atoms with Gasteiger partial charge in [0.15, 0.2) is 0 Å². The first-order valence-electron chi connectivity index (χ1n) is 9.13. The summed E-state index contributed by atoms with van der Waals surface area (Å²) < 4.78 is 8.00. The predicted octanol–water partition coefficient (Wildman–Crippen LogP) is 4.84. The molecule has 0 saturated carbocycles. The van der Waals surface area contributed by atoms with Crippen molar-refractivity contribution < 1.29 is 19.1 Å². The normalized spacial score (nSPS) is 16.6. The van der Waals surface area contributed by atoms with Crippen LogP contribution in [0, 0.1) is 13.8 Å². The summed E-state index contributed by atoms with van der Waals surface area (Å²) in [5.74, 6) is -1.07. The molecule has 2 heterocycles. The Morgan fingerprint density at radius 2 is 2.00 bits per heavy atom. The van der Waals surface area contributed by atoms with Crippen LogP contribution in [0.2, 0.25) is 0 Å². The van der Waals surface area contributed by atoms with E-state index in [0.717, 1.165) is 43.8 Å². The van der Waals surface area contributed by atoms with Gasteiger partial charge in [-0.2, -0.15) is 0 Å². The topological polar surface area (TPSA) is 68.6 Å². The lowest BCUT2D eigenvalue weighted by atomic mass is 10.2. The molecule has 1 atom stereocenters. The minimum absolute atomic E-state index is 0.191. The quantitative estimate of drug-likeness (QED) is 0.455. The van der Waals surface area contributed by atoms with Crippen LogP contribution < -0.4 is 0 Å². The number of ether oxygens (including phenoxy) is 1. The average Bonchev–Trinajstić information content (AvgIpc) is 3.09. The highest BCUT2D eigenvalue weighted by Gasteiger charge is 2.41. The van der Waals surface area contributed by atoms with Crippen LogP contribution in [0.5, 0.6) is 0 Å². The van der Waals surface area contributed by atoms with Gasteiger partial charge in [0.25, 0.3) is 11.1 Å². The fraction of sp³-hybridized carbons (Fsp3) is 0.286. The number of esters is 1. The number of carbonyl (C=O) groups is 3. The average molecular weight is 477 g/mol. The number of nitrogens with zero attached hydrogens (tertiary/aromatic N) is 2. The Labute approximate surface area is 182 Å². The zero-order chi connectivity index (χ0) is 21.3. The third-order valence-corrected chi connectivity index (χ3v) is 6.04. The van der Waals surface area contributed by atoms with Gasteiger partial charge in [-0.25, -0.2) is 4.79 Å². The number of imide groups is 1.